The molecular formula is C10H18N6O6. The molecule has 0 fully saturated rings. The van der Waals surface area contributed by atoms with Gasteiger partial charge >= 0.3 is 0 Å². The number of hydrogen-bond acceptors (Lipinski definition) is 12. The Bertz CT molecular complexity index is 457. The van der Waals surface area contributed by atoms with Gasteiger partial charge in [-0.1, -0.05) is 10.5 Å². The van der Waals surface area contributed by atoms with E-state index in [9.17, 15) is 0 Å². The molecule has 0 radical (unpaired) electrons. The summed E-state index contributed by atoms with van der Waals surface area (Å²) >= 11 is 0. The van der Waals surface area contributed by atoms with Crippen LogP contribution < -0.4 is 10.5 Å². The van der Waals surface area contributed by atoms with Gasteiger partial charge in [-0.25, -0.2) is 24.3 Å². The number of aliphatic hydroxyl groups is 2. The first kappa shape index (κ1) is 18.1. The number of aromatic nitrogens is 3. The molecule has 0 amide bonds. The molecule has 0 bridgehead atoms. The summed E-state index contributed by atoms with van der Waals surface area (Å²) in [6, 6.07) is 0. The fourth-order valence-corrected chi connectivity index (χ4v) is 1.29. The average molecular weight is 318 g/mol. The summed E-state index contributed by atoms with van der Waals surface area (Å²) < 4.78 is 0. The van der Waals surface area contributed by atoms with E-state index in [1.54, 1.807) is 0 Å². The highest BCUT2D eigenvalue weighted by atomic mass is 16.9. The summed E-state index contributed by atoms with van der Waals surface area (Å²) in [5, 5.41) is 19.9. The van der Waals surface area contributed by atoms with Crippen molar-refractivity contribution < 1.29 is 29.6 Å². The molecule has 124 valence electrons. The molecule has 1 heterocycles. The number of aliphatic hydroxyl groups excluding tert-OH is 2. The smallest absolute Gasteiger partial charge is 0.284 e. The largest absolute Gasteiger partial charge is 0.390 e. The maximum atomic E-state index is 9.05. The van der Waals surface area contributed by atoms with Crippen molar-refractivity contribution in [3.05, 3.63) is 0 Å². The number of aliphatic imine (C=N–C) groups is 1. The van der Waals surface area contributed by atoms with E-state index in [4.69, 9.17) is 29.6 Å². The Hall–Kier alpha value is -1.96. The predicted octanol–water partition coefficient (Wildman–Crippen LogP) is -1.21. The Morgan fingerprint density at radius 1 is 0.864 bits per heavy atom. The van der Waals surface area contributed by atoms with Crippen LogP contribution in [0.25, 0.3) is 0 Å². The molecule has 0 unspecified atom stereocenters. The Labute approximate surface area is 126 Å². The van der Waals surface area contributed by atoms with Gasteiger partial charge in [0.2, 0.25) is 0 Å². The van der Waals surface area contributed by atoms with Crippen LogP contribution in [0.4, 0.5) is 17.8 Å². The summed E-state index contributed by atoms with van der Waals surface area (Å²) in [4.78, 5) is 35.5. The Morgan fingerprint density at radius 2 is 1.27 bits per heavy atom. The van der Waals surface area contributed by atoms with E-state index in [2.05, 4.69) is 19.9 Å². The van der Waals surface area contributed by atoms with Crippen LogP contribution in [0, 0.1) is 0 Å². The second kappa shape index (κ2) is 9.14. The summed E-state index contributed by atoms with van der Waals surface area (Å²) in [6.07, 6.45) is 0. The van der Waals surface area contributed by atoms with E-state index in [1.165, 1.54) is 28.4 Å². The average Bonchev–Trinajstić information content (AvgIpc) is 2.55. The van der Waals surface area contributed by atoms with Crippen LogP contribution in [0.1, 0.15) is 0 Å². The third kappa shape index (κ3) is 4.52. The number of nitrogens with zero attached hydrogens (tertiary/aromatic N) is 6. The van der Waals surface area contributed by atoms with Crippen LogP contribution in [-0.2, 0) is 19.4 Å². The lowest BCUT2D eigenvalue weighted by molar-refractivity contribution is -0.0524. The fourth-order valence-electron chi connectivity index (χ4n) is 1.29. The first-order chi connectivity index (χ1) is 10.6. The van der Waals surface area contributed by atoms with E-state index in [1.807, 2.05) is 0 Å². The lowest BCUT2D eigenvalue weighted by Gasteiger charge is -2.19. The predicted molar refractivity (Wildman–Crippen MR) is 74.1 cm³/mol. The SMILES string of the molecule is CON(OC)c1nc(N=C(CO)CO)nc(N(OC)OC)n1. The summed E-state index contributed by atoms with van der Waals surface area (Å²) in [5.74, 6) is -0.220. The molecule has 0 aliphatic rings. The summed E-state index contributed by atoms with van der Waals surface area (Å²) in [5.41, 5.74) is 0.0610. The van der Waals surface area contributed by atoms with Gasteiger partial charge in [-0.15, -0.1) is 0 Å². The van der Waals surface area contributed by atoms with Gasteiger partial charge in [-0.05, 0) is 0 Å². The molecule has 0 saturated heterocycles. The van der Waals surface area contributed by atoms with Gasteiger partial charge in [0.15, 0.2) is 0 Å². The molecule has 0 aromatic carbocycles. The summed E-state index contributed by atoms with van der Waals surface area (Å²) in [6.45, 7) is -0.910. The zero-order valence-corrected chi connectivity index (χ0v) is 12.6. The minimum Gasteiger partial charge on any atom is -0.390 e. The van der Waals surface area contributed by atoms with Gasteiger partial charge < -0.3 is 10.2 Å². The molecular weight excluding hydrogens is 300 g/mol. The van der Waals surface area contributed by atoms with Gasteiger partial charge in [0.25, 0.3) is 17.8 Å². The highest BCUT2D eigenvalue weighted by Crippen LogP contribution is 2.18. The topological polar surface area (TPSA) is 135 Å². The third-order valence-electron chi connectivity index (χ3n) is 2.21. The molecule has 0 aliphatic carbocycles. The van der Waals surface area contributed by atoms with Crippen LogP contribution in [0.15, 0.2) is 4.99 Å². The van der Waals surface area contributed by atoms with E-state index in [-0.39, 0.29) is 23.6 Å². The number of anilines is 2. The van der Waals surface area contributed by atoms with E-state index >= 15 is 0 Å². The Balaban J connectivity index is 3.34. The lowest BCUT2D eigenvalue weighted by atomic mass is 10.4. The monoisotopic (exact) mass is 318 g/mol. The van der Waals surface area contributed by atoms with Crippen LogP contribution >= 0.6 is 0 Å². The van der Waals surface area contributed by atoms with Gasteiger partial charge in [-0.2, -0.15) is 15.0 Å². The molecule has 0 atom stereocenters. The highest BCUT2D eigenvalue weighted by molar-refractivity contribution is 5.88. The van der Waals surface area contributed by atoms with Crippen molar-refractivity contribution in [2.24, 2.45) is 4.99 Å². The summed E-state index contributed by atoms with van der Waals surface area (Å²) in [7, 11) is 5.36. The molecule has 1 aromatic rings. The first-order valence-electron chi connectivity index (χ1n) is 5.94. The standard InChI is InChI=1S/C10H18N6O6/c1-19-15(20-2)9-12-8(11-7(5-17)6-18)13-10(14-9)16(21-3)22-4/h17-18H,5-6H2,1-4H3. The minimum absolute atomic E-state index is 0.0527. The zero-order valence-electron chi connectivity index (χ0n) is 12.6. The molecule has 12 heteroatoms. The Morgan fingerprint density at radius 3 is 1.59 bits per heavy atom. The van der Waals surface area contributed by atoms with Gasteiger partial charge in [0, 0.05) is 0 Å². The normalized spacial score (nSPS) is 10.5. The molecule has 1 aromatic heterocycles. The molecule has 2 N–H and O–H groups in total. The van der Waals surface area contributed by atoms with Gasteiger partial charge in [0.1, 0.15) is 0 Å². The van der Waals surface area contributed by atoms with E-state index in [0.717, 1.165) is 10.5 Å². The van der Waals surface area contributed by atoms with Crippen molar-refractivity contribution in [2.75, 3.05) is 52.1 Å². The second-order valence-electron chi connectivity index (χ2n) is 3.47. The van der Waals surface area contributed by atoms with Crippen molar-refractivity contribution in [2.45, 2.75) is 0 Å². The van der Waals surface area contributed by atoms with Crippen molar-refractivity contribution >= 4 is 23.6 Å². The van der Waals surface area contributed by atoms with E-state index in [0.29, 0.717) is 0 Å². The maximum absolute atomic E-state index is 9.05. The van der Waals surface area contributed by atoms with Crippen LogP contribution in [0.3, 0.4) is 0 Å². The van der Waals surface area contributed by atoms with Gasteiger partial charge in [0.05, 0.1) is 47.4 Å². The third-order valence-corrected chi connectivity index (χ3v) is 2.21. The molecule has 12 nitrogen and oxygen atoms in total. The van der Waals surface area contributed by atoms with Crippen molar-refractivity contribution in [3.8, 4) is 0 Å². The highest BCUT2D eigenvalue weighted by Gasteiger charge is 2.18. The molecule has 0 spiro atoms. The molecule has 22 heavy (non-hydrogen) atoms. The van der Waals surface area contributed by atoms with E-state index < -0.39 is 13.2 Å². The Kier molecular flexibility index (Phi) is 7.51. The van der Waals surface area contributed by atoms with Crippen molar-refractivity contribution in [1.82, 2.24) is 15.0 Å². The molecule has 0 aliphatic heterocycles. The fraction of sp³-hybridized carbons (Fsp3) is 0.600. The van der Waals surface area contributed by atoms with Crippen LogP contribution in [-0.4, -0.2) is 72.5 Å². The second-order valence-corrected chi connectivity index (χ2v) is 3.47. The maximum Gasteiger partial charge on any atom is 0.284 e. The van der Waals surface area contributed by atoms with Gasteiger partial charge in [-0.3, -0.25) is 0 Å². The lowest BCUT2D eigenvalue weighted by Crippen LogP contribution is -2.26. The number of hydrogen-bond donors (Lipinski definition) is 2. The quantitative estimate of drug-likeness (QED) is 0.419. The van der Waals surface area contributed by atoms with Crippen LogP contribution in [0.5, 0.6) is 0 Å². The molecule has 0 saturated carbocycles. The minimum atomic E-state index is -0.455. The number of rotatable bonds is 9. The van der Waals surface area contributed by atoms with Crippen LogP contribution in [0.2, 0.25) is 0 Å². The van der Waals surface area contributed by atoms with Crippen molar-refractivity contribution in [1.29, 1.82) is 0 Å². The zero-order chi connectivity index (χ0) is 16.5. The first-order valence-corrected chi connectivity index (χ1v) is 5.94. The van der Waals surface area contributed by atoms with Crippen molar-refractivity contribution in [3.63, 3.8) is 0 Å². The molecule has 1 rings (SSSR count).